The molecule has 1 atom stereocenters. The first-order valence-electron chi connectivity index (χ1n) is 16.1. The number of nitrogens with one attached hydrogen (secondary N) is 1. The number of unbranched alkanes of at least 4 members (excludes halogenated alkanes) is 9. The third-order valence-electron chi connectivity index (χ3n) is 8.38. The summed E-state index contributed by atoms with van der Waals surface area (Å²) in [4.78, 5) is 4.45. The molecule has 0 saturated heterocycles. The highest BCUT2D eigenvalue weighted by Gasteiger charge is 2.18. The molecule has 0 spiro atoms. The number of hydrogen-bond donors (Lipinski definition) is 3. The largest absolute Gasteiger partial charge is 0.387 e. The second-order valence-electron chi connectivity index (χ2n) is 11.8. The van der Waals surface area contributed by atoms with Gasteiger partial charge in [0.05, 0.1) is 10.7 Å². The number of aryl methyl sites for hydroxylation is 1. The Labute approximate surface area is 249 Å². The molecule has 4 N–H and O–H groups in total. The Morgan fingerprint density at radius 3 is 1.93 bits per heavy atom. The van der Waals surface area contributed by atoms with Gasteiger partial charge in [-0.2, -0.15) is 8.42 Å². The van der Waals surface area contributed by atoms with Crippen molar-refractivity contribution in [1.29, 1.82) is 0 Å². The van der Waals surface area contributed by atoms with Crippen LogP contribution < -0.4 is 11.1 Å². The van der Waals surface area contributed by atoms with E-state index in [1.54, 1.807) is 12.1 Å². The fourth-order valence-electron chi connectivity index (χ4n) is 5.84. The minimum atomic E-state index is -4.06. The van der Waals surface area contributed by atoms with E-state index in [9.17, 15) is 8.42 Å². The van der Waals surface area contributed by atoms with Crippen molar-refractivity contribution in [2.24, 2.45) is 10.7 Å². The highest BCUT2D eigenvalue weighted by Crippen LogP contribution is 2.33. The van der Waals surface area contributed by atoms with Crippen LogP contribution in [0.4, 0.5) is 0 Å². The van der Waals surface area contributed by atoms with Crippen LogP contribution in [0.2, 0.25) is 0 Å². The van der Waals surface area contributed by atoms with Crippen molar-refractivity contribution in [2.75, 3.05) is 6.54 Å². The molecule has 0 amide bonds. The maximum Gasteiger partial charge on any atom is 0.294 e. The SMILES string of the molecule is CCCCCCCCCCCCc1ccc(S(=O)(=O)O)cc1.NC1=NC(c2ccc(C3CCCCC3)cc2)NCC1. The Morgan fingerprint density at radius 2 is 1.37 bits per heavy atom. The first-order valence-corrected chi connectivity index (χ1v) is 17.5. The van der Waals surface area contributed by atoms with Gasteiger partial charge in [-0.25, -0.2) is 4.99 Å². The number of amidine groups is 1. The van der Waals surface area contributed by atoms with Gasteiger partial charge >= 0.3 is 0 Å². The van der Waals surface area contributed by atoms with Gasteiger partial charge in [0, 0.05) is 13.0 Å². The van der Waals surface area contributed by atoms with Crippen molar-refractivity contribution < 1.29 is 13.0 Å². The highest BCUT2D eigenvalue weighted by atomic mass is 32.2. The molecule has 2 aromatic rings. The van der Waals surface area contributed by atoms with E-state index in [1.165, 1.54) is 113 Å². The molecule has 1 aliphatic heterocycles. The molecule has 2 aliphatic rings. The Balaban J connectivity index is 0.000000227. The molecule has 6 nitrogen and oxygen atoms in total. The Hall–Kier alpha value is -2.22. The lowest BCUT2D eigenvalue weighted by atomic mass is 9.84. The van der Waals surface area contributed by atoms with Crippen LogP contribution in [0.1, 0.15) is 138 Å². The number of rotatable bonds is 14. The molecule has 1 aliphatic carbocycles. The van der Waals surface area contributed by atoms with Gasteiger partial charge in [0.1, 0.15) is 6.17 Å². The minimum Gasteiger partial charge on any atom is -0.387 e. The van der Waals surface area contributed by atoms with Gasteiger partial charge < -0.3 is 5.73 Å². The summed E-state index contributed by atoms with van der Waals surface area (Å²) < 4.78 is 30.8. The van der Waals surface area contributed by atoms with Gasteiger partial charge in [-0.3, -0.25) is 9.87 Å². The monoisotopic (exact) mass is 583 g/mol. The van der Waals surface area contributed by atoms with Crippen LogP contribution in [0, 0.1) is 0 Å². The Kier molecular flexibility index (Phi) is 14.9. The molecule has 0 bridgehead atoms. The normalized spacial score (nSPS) is 17.9. The molecular formula is C34H53N3O3S. The van der Waals surface area contributed by atoms with Crippen molar-refractivity contribution in [2.45, 2.75) is 133 Å². The maximum atomic E-state index is 10.9. The number of nitrogens with zero attached hydrogens (tertiary/aromatic N) is 1. The summed E-state index contributed by atoms with van der Waals surface area (Å²) in [6.07, 6.45) is 21.9. The summed E-state index contributed by atoms with van der Waals surface area (Å²) in [6, 6.07) is 15.5. The number of hydrogen-bond acceptors (Lipinski definition) is 5. The molecule has 1 fully saturated rings. The van der Waals surface area contributed by atoms with E-state index >= 15 is 0 Å². The molecule has 41 heavy (non-hydrogen) atoms. The zero-order valence-electron chi connectivity index (χ0n) is 25.2. The van der Waals surface area contributed by atoms with Crippen molar-refractivity contribution in [3.63, 3.8) is 0 Å². The molecule has 4 rings (SSSR count). The van der Waals surface area contributed by atoms with Crippen molar-refractivity contribution in [1.82, 2.24) is 5.32 Å². The maximum absolute atomic E-state index is 10.9. The lowest BCUT2D eigenvalue weighted by molar-refractivity contribution is 0.443. The van der Waals surface area contributed by atoms with Gasteiger partial charge in [-0.05, 0) is 60.4 Å². The van der Waals surface area contributed by atoms with E-state index in [0.29, 0.717) is 0 Å². The summed E-state index contributed by atoms with van der Waals surface area (Å²) >= 11 is 0. The molecule has 228 valence electrons. The molecule has 1 unspecified atom stereocenters. The number of aliphatic imine (C=N–C) groups is 1. The Bertz CT molecular complexity index is 1120. The molecule has 0 radical (unpaired) electrons. The average molecular weight is 584 g/mol. The molecule has 0 aromatic heterocycles. The van der Waals surface area contributed by atoms with Crippen molar-refractivity contribution in [3.05, 3.63) is 65.2 Å². The Morgan fingerprint density at radius 1 is 0.805 bits per heavy atom. The summed E-state index contributed by atoms with van der Waals surface area (Å²) in [5.41, 5.74) is 9.67. The molecular weight excluding hydrogens is 530 g/mol. The lowest BCUT2D eigenvalue weighted by Crippen LogP contribution is -2.32. The zero-order chi connectivity index (χ0) is 29.3. The van der Waals surface area contributed by atoms with E-state index in [1.807, 2.05) is 0 Å². The van der Waals surface area contributed by atoms with Crippen LogP contribution in [0.3, 0.4) is 0 Å². The molecule has 7 heteroatoms. The first-order chi connectivity index (χ1) is 19.9. The quantitative estimate of drug-likeness (QED) is 0.153. The first kappa shape index (κ1) is 33.3. The van der Waals surface area contributed by atoms with E-state index in [2.05, 4.69) is 41.5 Å². The average Bonchev–Trinajstić information content (AvgIpc) is 2.99. The van der Waals surface area contributed by atoms with Gasteiger partial charge in [0.2, 0.25) is 0 Å². The zero-order valence-corrected chi connectivity index (χ0v) is 26.0. The van der Waals surface area contributed by atoms with Crippen molar-refractivity contribution >= 4 is 16.0 Å². The standard InChI is InChI=1S/C18H30O3S.C16H23N3/c1-2-3-4-5-6-7-8-9-10-11-12-17-13-15-18(16-14-17)22(19,20)21;17-15-10-11-18-16(19-15)14-8-6-13(7-9-14)12-4-2-1-3-5-12/h13-16H,2-12H2,1H3,(H,19,20,21);6-9,12,16,18H,1-5,10-11H2,(H2,17,19). The molecule has 1 saturated carbocycles. The van der Waals surface area contributed by atoms with Gasteiger partial charge in [0.15, 0.2) is 0 Å². The lowest BCUT2D eigenvalue weighted by Gasteiger charge is -2.24. The topological polar surface area (TPSA) is 105 Å². The fraction of sp³-hybridized carbons (Fsp3) is 0.618. The van der Waals surface area contributed by atoms with Crippen LogP contribution in [-0.4, -0.2) is 25.4 Å². The number of nitrogens with two attached hydrogens (primary N) is 1. The number of benzene rings is 2. The second-order valence-corrected chi connectivity index (χ2v) is 13.2. The van der Waals surface area contributed by atoms with Crippen LogP contribution in [0.25, 0.3) is 0 Å². The molecule has 1 heterocycles. The third kappa shape index (κ3) is 12.7. The third-order valence-corrected chi connectivity index (χ3v) is 9.25. The second kappa shape index (κ2) is 18.3. The van der Waals surface area contributed by atoms with Crippen molar-refractivity contribution in [3.8, 4) is 0 Å². The summed E-state index contributed by atoms with van der Waals surface area (Å²) in [5.74, 6) is 1.54. The van der Waals surface area contributed by atoms with Crippen LogP contribution in [-0.2, 0) is 16.5 Å². The molecule has 2 aromatic carbocycles. The van der Waals surface area contributed by atoms with Crippen LogP contribution in [0.5, 0.6) is 0 Å². The van der Waals surface area contributed by atoms with Gasteiger partial charge in [-0.1, -0.05) is 120 Å². The fourth-order valence-corrected chi connectivity index (χ4v) is 6.32. The van der Waals surface area contributed by atoms with E-state index in [0.717, 1.165) is 43.1 Å². The summed E-state index contributed by atoms with van der Waals surface area (Å²) in [6.45, 7) is 3.17. The van der Waals surface area contributed by atoms with E-state index in [4.69, 9.17) is 10.3 Å². The predicted molar refractivity (Wildman–Crippen MR) is 171 cm³/mol. The van der Waals surface area contributed by atoms with Crippen LogP contribution in [0.15, 0.2) is 58.4 Å². The highest BCUT2D eigenvalue weighted by molar-refractivity contribution is 7.85. The summed E-state index contributed by atoms with van der Waals surface area (Å²) in [7, 11) is -4.06. The minimum absolute atomic E-state index is 0.0284. The predicted octanol–water partition coefficient (Wildman–Crippen LogP) is 8.48. The van der Waals surface area contributed by atoms with Gasteiger partial charge in [-0.15, -0.1) is 0 Å². The van der Waals surface area contributed by atoms with E-state index in [-0.39, 0.29) is 11.1 Å². The smallest absolute Gasteiger partial charge is 0.294 e. The van der Waals surface area contributed by atoms with Gasteiger partial charge in [0.25, 0.3) is 10.1 Å². The summed E-state index contributed by atoms with van der Waals surface area (Å²) in [5, 5.41) is 3.40. The van der Waals surface area contributed by atoms with E-state index < -0.39 is 10.1 Å². The van der Waals surface area contributed by atoms with Crippen LogP contribution >= 0.6 is 0 Å².